The van der Waals surface area contributed by atoms with Crippen LogP contribution in [0.25, 0.3) is 5.57 Å². The molecular formula is C26H29ClN2O3S. The Bertz CT molecular complexity index is 1080. The number of ether oxygens (including phenoxy) is 1. The number of hydrogen-bond acceptors (Lipinski definition) is 5. The van der Waals surface area contributed by atoms with Crippen LogP contribution in [0.1, 0.15) is 67.3 Å². The third-order valence-electron chi connectivity index (χ3n) is 6.03. The first-order chi connectivity index (χ1) is 15.9. The van der Waals surface area contributed by atoms with Gasteiger partial charge < -0.3 is 10.1 Å². The van der Waals surface area contributed by atoms with Crippen LogP contribution in [0.2, 0.25) is 5.02 Å². The number of carbonyl (C=O) groups is 2. The average molecular weight is 485 g/mol. The van der Waals surface area contributed by atoms with Crippen LogP contribution in [0.4, 0.5) is 0 Å². The lowest BCUT2D eigenvalue weighted by atomic mass is 9.96. The van der Waals surface area contributed by atoms with Gasteiger partial charge in [0.1, 0.15) is 0 Å². The normalized spacial score (nSPS) is 18.3. The molecule has 0 bridgehead atoms. The highest BCUT2D eigenvalue weighted by molar-refractivity contribution is 8.13. The lowest BCUT2D eigenvalue weighted by molar-refractivity contribution is -0.119. The summed E-state index contributed by atoms with van der Waals surface area (Å²) < 4.78 is 5.61. The van der Waals surface area contributed by atoms with E-state index in [1.54, 1.807) is 14.0 Å². The molecule has 5 nitrogen and oxygen atoms in total. The van der Waals surface area contributed by atoms with E-state index < -0.39 is 0 Å². The van der Waals surface area contributed by atoms with E-state index in [0.29, 0.717) is 23.2 Å². The second-order valence-corrected chi connectivity index (χ2v) is 10.3. The number of rotatable bonds is 9. The smallest absolute Gasteiger partial charge is 0.220 e. The van der Waals surface area contributed by atoms with Crippen molar-refractivity contribution in [1.82, 2.24) is 10.3 Å². The number of nitrogens with zero attached hydrogens (tertiary/aromatic N) is 1. The molecule has 1 N–H and O–H groups in total. The van der Waals surface area contributed by atoms with Crippen LogP contribution in [0.5, 0.6) is 5.88 Å². The molecule has 7 heteroatoms. The first kappa shape index (κ1) is 23.8. The second-order valence-electron chi connectivity index (χ2n) is 8.61. The molecule has 1 aromatic carbocycles. The van der Waals surface area contributed by atoms with Crippen molar-refractivity contribution in [1.29, 1.82) is 0 Å². The van der Waals surface area contributed by atoms with E-state index in [1.807, 2.05) is 18.2 Å². The first-order valence-corrected chi connectivity index (χ1v) is 12.8. The van der Waals surface area contributed by atoms with Gasteiger partial charge in [-0.25, -0.2) is 4.98 Å². The zero-order chi connectivity index (χ0) is 23.4. The van der Waals surface area contributed by atoms with E-state index in [2.05, 4.69) is 23.5 Å². The van der Waals surface area contributed by atoms with Crippen molar-refractivity contribution < 1.29 is 14.3 Å². The first-order valence-electron chi connectivity index (χ1n) is 11.4. The minimum atomic E-state index is -0.0366. The fourth-order valence-corrected chi connectivity index (χ4v) is 5.01. The van der Waals surface area contributed by atoms with Crippen molar-refractivity contribution in [3.63, 3.8) is 0 Å². The molecule has 2 aromatic rings. The summed E-state index contributed by atoms with van der Waals surface area (Å²) in [6, 6.07) is 10.2. The van der Waals surface area contributed by atoms with Crippen LogP contribution in [-0.2, 0) is 16.0 Å². The van der Waals surface area contributed by atoms with E-state index in [4.69, 9.17) is 21.3 Å². The molecule has 0 spiro atoms. The molecule has 1 atom stereocenters. The molecule has 1 aliphatic heterocycles. The second kappa shape index (κ2) is 10.7. The number of hydrogen-bond donors (Lipinski definition) is 1. The predicted octanol–water partition coefficient (Wildman–Crippen LogP) is 5.54. The predicted molar refractivity (Wildman–Crippen MR) is 134 cm³/mol. The molecule has 4 rings (SSSR count). The molecule has 2 aliphatic rings. The maximum Gasteiger partial charge on any atom is 0.220 e. The minimum absolute atomic E-state index is 0.0366. The Morgan fingerprint density at radius 1 is 1.27 bits per heavy atom. The van der Waals surface area contributed by atoms with Crippen molar-refractivity contribution in [3.8, 4) is 5.88 Å². The maximum absolute atomic E-state index is 11.8. The van der Waals surface area contributed by atoms with E-state index in [-0.39, 0.29) is 17.1 Å². The number of carbonyl (C=O) groups excluding carboxylic acids is 2. The van der Waals surface area contributed by atoms with Gasteiger partial charge in [0.15, 0.2) is 5.12 Å². The Morgan fingerprint density at radius 2 is 2.09 bits per heavy atom. The largest absolute Gasteiger partial charge is 0.481 e. The van der Waals surface area contributed by atoms with Gasteiger partial charge in [0.05, 0.1) is 12.8 Å². The topological polar surface area (TPSA) is 68.3 Å². The summed E-state index contributed by atoms with van der Waals surface area (Å²) in [5.41, 5.74) is 4.92. The standard InChI is InChI=1S/C26H29ClN2O3S/c1-16(30)33-13-3-4-18-7-8-19(14-23(18)27)22(15-20-9-12-25(31)28-20)24-11-10-21(17-5-6-17)26(29-24)32-2/h7-8,10-11,14-15,17,20H,3-6,9,12-13H2,1-2H3,(H,28,31)/b22-15+/t20-/m1/s1. The van der Waals surface area contributed by atoms with Crippen LogP contribution in [0, 0.1) is 0 Å². The zero-order valence-electron chi connectivity index (χ0n) is 19.0. The van der Waals surface area contributed by atoms with Gasteiger partial charge in [-0.3, -0.25) is 9.59 Å². The zero-order valence-corrected chi connectivity index (χ0v) is 20.6. The van der Waals surface area contributed by atoms with E-state index >= 15 is 0 Å². The van der Waals surface area contributed by atoms with Gasteiger partial charge in [-0.05, 0) is 61.3 Å². The molecule has 2 heterocycles. The SMILES string of the molecule is COc1nc(/C(=C/[C@H]2CCC(=O)N2)c2ccc(CCCSC(C)=O)c(Cl)c2)ccc1C1CC1. The van der Waals surface area contributed by atoms with E-state index in [1.165, 1.54) is 24.6 Å². The molecule has 1 saturated heterocycles. The number of aromatic nitrogens is 1. The Kier molecular flexibility index (Phi) is 7.76. The van der Waals surface area contributed by atoms with Gasteiger partial charge >= 0.3 is 0 Å². The van der Waals surface area contributed by atoms with Crippen LogP contribution in [0.15, 0.2) is 36.4 Å². The van der Waals surface area contributed by atoms with Crippen LogP contribution in [0.3, 0.4) is 0 Å². The van der Waals surface area contributed by atoms with Gasteiger partial charge in [-0.2, -0.15) is 0 Å². The molecular weight excluding hydrogens is 456 g/mol. The summed E-state index contributed by atoms with van der Waals surface area (Å²) in [5, 5.41) is 3.86. The number of thioether (sulfide) groups is 1. The Balaban J connectivity index is 1.63. The summed E-state index contributed by atoms with van der Waals surface area (Å²) in [6.45, 7) is 1.59. The lowest BCUT2D eigenvalue weighted by Crippen LogP contribution is -2.23. The third-order valence-corrected chi connectivity index (χ3v) is 7.28. The van der Waals surface area contributed by atoms with Gasteiger partial charge in [0.25, 0.3) is 0 Å². The van der Waals surface area contributed by atoms with Gasteiger partial charge in [-0.15, -0.1) is 0 Å². The van der Waals surface area contributed by atoms with E-state index in [0.717, 1.165) is 53.0 Å². The number of aryl methyl sites for hydroxylation is 1. The lowest BCUT2D eigenvalue weighted by Gasteiger charge is -2.15. The highest BCUT2D eigenvalue weighted by Crippen LogP contribution is 2.44. The molecule has 174 valence electrons. The highest BCUT2D eigenvalue weighted by atomic mass is 35.5. The van der Waals surface area contributed by atoms with Gasteiger partial charge in [0.2, 0.25) is 11.8 Å². The Labute approximate surface area is 204 Å². The minimum Gasteiger partial charge on any atom is -0.481 e. The van der Waals surface area contributed by atoms with Crippen molar-refractivity contribution in [2.75, 3.05) is 12.9 Å². The highest BCUT2D eigenvalue weighted by Gasteiger charge is 2.28. The van der Waals surface area contributed by atoms with Gasteiger partial charge in [0, 0.05) is 41.3 Å². The fourth-order valence-electron chi connectivity index (χ4n) is 4.16. The molecule has 1 amide bonds. The van der Waals surface area contributed by atoms with Gasteiger partial charge in [-0.1, -0.05) is 47.6 Å². The molecule has 33 heavy (non-hydrogen) atoms. The van der Waals surface area contributed by atoms with Crippen LogP contribution >= 0.6 is 23.4 Å². The number of methoxy groups -OCH3 is 1. The Morgan fingerprint density at radius 3 is 2.73 bits per heavy atom. The number of benzene rings is 1. The third kappa shape index (κ3) is 6.18. The Hall–Kier alpha value is -2.31. The number of pyridine rings is 1. The summed E-state index contributed by atoms with van der Waals surface area (Å²) in [6.07, 6.45) is 7.44. The summed E-state index contributed by atoms with van der Waals surface area (Å²) >= 11 is 8.00. The fraction of sp³-hybridized carbons (Fsp3) is 0.423. The van der Waals surface area contributed by atoms with E-state index in [9.17, 15) is 9.59 Å². The summed E-state index contributed by atoms with van der Waals surface area (Å²) in [7, 11) is 1.66. The van der Waals surface area contributed by atoms with Crippen molar-refractivity contribution in [2.24, 2.45) is 0 Å². The van der Waals surface area contributed by atoms with Crippen molar-refractivity contribution in [3.05, 3.63) is 63.8 Å². The summed E-state index contributed by atoms with van der Waals surface area (Å²) in [5.74, 6) is 2.07. The van der Waals surface area contributed by atoms with Crippen LogP contribution in [-0.4, -0.2) is 34.9 Å². The number of halogens is 1. The molecule has 0 radical (unpaired) electrons. The van der Waals surface area contributed by atoms with Crippen LogP contribution < -0.4 is 10.1 Å². The molecule has 1 aromatic heterocycles. The van der Waals surface area contributed by atoms with Crippen molar-refractivity contribution >= 4 is 40.0 Å². The molecule has 1 aliphatic carbocycles. The quantitative estimate of drug-likeness (QED) is 0.473. The average Bonchev–Trinajstić information content (AvgIpc) is 3.56. The number of nitrogens with one attached hydrogen (secondary N) is 1. The number of amides is 1. The molecule has 1 saturated carbocycles. The maximum atomic E-state index is 11.8. The monoisotopic (exact) mass is 484 g/mol. The molecule has 0 unspecified atom stereocenters. The van der Waals surface area contributed by atoms with Crippen molar-refractivity contribution in [2.45, 2.75) is 57.4 Å². The summed E-state index contributed by atoms with van der Waals surface area (Å²) in [4.78, 5) is 27.8. The molecule has 2 fully saturated rings.